The minimum absolute atomic E-state index is 0.0257. The minimum atomic E-state index is -0.371. The maximum atomic E-state index is 12.6. The summed E-state index contributed by atoms with van der Waals surface area (Å²) in [5.74, 6) is 0.279. The van der Waals surface area contributed by atoms with Crippen LogP contribution in [0.4, 0.5) is 5.69 Å². The largest absolute Gasteiger partial charge is 0.502 e. The molecule has 6 heteroatoms. The van der Waals surface area contributed by atoms with E-state index in [1.54, 1.807) is 6.07 Å². The molecule has 2 aromatic carbocycles. The van der Waals surface area contributed by atoms with Gasteiger partial charge in [-0.1, -0.05) is 0 Å². The summed E-state index contributed by atoms with van der Waals surface area (Å²) in [6.45, 7) is 2.11. The van der Waals surface area contributed by atoms with Crippen LogP contribution in [0.1, 0.15) is 19.3 Å². The van der Waals surface area contributed by atoms with Crippen LogP contribution in [0.3, 0.4) is 0 Å². The molecule has 0 unspecified atom stereocenters. The smallest absolute Gasteiger partial charge is 0.202 e. The Morgan fingerprint density at radius 2 is 1.78 bits per heavy atom. The van der Waals surface area contributed by atoms with Crippen LogP contribution in [0.25, 0.3) is 22.3 Å². The Bertz CT molecular complexity index is 1040. The van der Waals surface area contributed by atoms with Crippen LogP contribution in [-0.4, -0.2) is 33.2 Å². The lowest BCUT2D eigenvalue weighted by atomic mass is 9.90. The molecule has 0 atom stereocenters. The van der Waals surface area contributed by atoms with E-state index in [2.05, 4.69) is 4.90 Å². The highest BCUT2D eigenvalue weighted by Crippen LogP contribution is 2.34. The summed E-state index contributed by atoms with van der Waals surface area (Å²) in [7, 11) is 7.49. The van der Waals surface area contributed by atoms with Gasteiger partial charge in [-0.05, 0) is 61.1 Å². The van der Waals surface area contributed by atoms with Crippen molar-refractivity contribution in [2.75, 3.05) is 25.1 Å². The third kappa shape index (κ3) is 3.05. The van der Waals surface area contributed by atoms with E-state index in [-0.39, 0.29) is 39.1 Å². The van der Waals surface area contributed by atoms with Crippen LogP contribution in [0, 0.1) is 0 Å². The number of piperidine rings is 1. The number of anilines is 1. The summed E-state index contributed by atoms with van der Waals surface area (Å²) in [5.41, 5.74) is 1.56. The predicted octanol–water partition coefficient (Wildman–Crippen LogP) is 2.96. The van der Waals surface area contributed by atoms with Crippen molar-refractivity contribution in [3.63, 3.8) is 0 Å². The number of benzene rings is 2. The molecule has 1 N–H and O–H groups in total. The third-order valence-electron chi connectivity index (χ3n) is 5.10. The van der Waals surface area contributed by atoms with E-state index in [0.717, 1.165) is 18.8 Å². The minimum Gasteiger partial charge on any atom is -0.502 e. The lowest BCUT2D eigenvalue weighted by Gasteiger charge is -2.28. The lowest BCUT2D eigenvalue weighted by Crippen LogP contribution is -2.29. The van der Waals surface area contributed by atoms with Crippen LogP contribution < -0.4 is 20.5 Å². The summed E-state index contributed by atoms with van der Waals surface area (Å²) in [4.78, 5) is 15.0. The van der Waals surface area contributed by atoms with E-state index in [9.17, 15) is 9.90 Å². The Hall–Kier alpha value is -2.89. The van der Waals surface area contributed by atoms with E-state index in [4.69, 9.17) is 17.0 Å². The molecule has 0 saturated carbocycles. The van der Waals surface area contributed by atoms with Gasteiger partial charge in [-0.2, -0.15) is 0 Å². The lowest BCUT2D eigenvalue weighted by molar-refractivity contribution is 0.372. The standard InChI is InChI=1S/C21H20BNO4/c1-26-16-10-9-15-18(24)17(22)20(27-21(15)19(16)25)13-5-7-14(8-6-13)23-11-3-2-4-12-23/h5-10,25H,2-4,11-12H2,1H3. The Kier molecular flexibility index (Phi) is 4.56. The second-order valence-corrected chi connectivity index (χ2v) is 6.76. The fourth-order valence-corrected chi connectivity index (χ4v) is 3.60. The van der Waals surface area contributed by atoms with Crippen molar-refractivity contribution in [2.45, 2.75) is 19.3 Å². The summed E-state index contributed by atoms with van der Waals surface area (Å²) in [6.07, 6.45) is 3.69. The first kappa shape index (κ1) is 17.5. The van der Waals surface area contributed by atoms with E-state index >= 15 is 0 Å². The zero-order valence-corrected chi connectivity index (χ0v) is 15.2. The normalized spacial score (nSPS) is 14.5. The van der Waals surface area contributed by atoms with E-state index < -0.39 is 0 Å². The Morgan fingerprint density at radius 1 is 1.07 bits per heavy atom. The number of hydrogen-bond donors (Lipinski definition) is 1. The van der Waals surface area contributed by atoms with Gasteiger partial charge >= 0.3 is 0 Å². The van der Waals surface area contributed by atoms with Crippen LogP contribution in [-0.2, 0) is 0 Å². The number of phenols is 1. The van der Waals surface area contributed by atoms with Crippen molar-refractivity contribution < 1.29 is 14.3 Å². The fraction of sp³-hybridized carbons (Fsp3) is 0.286. The molecule has 5 nitrogen and oxygen atoms in total. The molecule has 2 heterocycles. The van der Waals surface area contributed by atoms with Crippen molar-refractivity contribution in [2.24, 2.45) is 0 Å². The first-order chi connectivity index (χ1) is 13.1. The molecular formula is C21H20BNO4. The molecule has 1 fully saturated rings. The van der Waals surface area contributed by atoms with Crippen molar-refractivity contribution in [3.8, 4) is 22.8 Å². The maximum Gasteiger partial charge on any atom is 0.202 e. The SMILES string of the molecule is [B]c1c(-c2ccc(N3CCCCC3)cc2)oc2c(O)c(OC)ccc2c1=O. The molecule has 1 aliphatic heterocycles. The molecule has 1 aliphatic rings. The van der Waals surface area contributed by atoms with Gasteiger partial charge in [0.15, 0.2) is 16.8 Å². The van der Waals surface area contributed by atoms with Gasteiger partial charge < -0.3 is 19.2 Å². The highest BCUT2D eigenvalue weighted by molar-refractivity contribution is 6.36. The number of fused-ring (bicyclic) bond motifs is 1. The average Bonchev–Trinajstić information content (AvgIpc) is 2.72. The second-order valence-electron chi connectivity index (χ2n) is 6.76. The van der Waals surface area contributed by atoms with E-state index in [1.807, 2.05) is 24.3 Å². The van der Waals surface area contributed by atoms with Gasteiger partial charge in [0.05, 0.1) is 12.5 Å². The molecule has 1 aromatic heterocycles. The Morgan fingerprint density at radius 3 is 2.44 bits per heavy atom. The van der Waals surface area contributed by atoms with Gasteiger partial charge in [-0.25, -0.2) is 0 Å². The van der Waals surface area contributed by atoms with Gasteiger partial charge in [0.25, 0.3) is 0 Å². The van der Waals surface area contributed by atoms with Crippen molar-refractivity contribution in [1.82, 2.24) is 0 Å². The summed E-state index contributed by atoms with van der Waals surface area (Å²) in [5, 5.41) is 10.6. The number of aromatic hydroxyl groups is 1. The van der Waals surface area contributed by atoms with Gasteiger partial charge in [-0.3, -0.25) is 4.79 Å². The van der Waals surface area contributed by atoms with Crippen LogP contribution in [0.5, 0.6) is 11.5 Å². The molecule has 136 valence electrons. The Labute approximate surface area is 158 Å². The molecule has 2 radical (unpaired) electrons. The average molecular weight is 361 g/mol. The highest BCUT2D eigenvalue weighted by Gasteiger charge is 2.18. The van der Waals surface area contributed by atoms with Crippen molar-refractivity contribution in [3.05, 3.63) is 46.6 Å². The fourth-order valence-electron chi connectivity index (χ4n) is 3.60. The molecule has 0 aliphatic carbocycles. The van der Waals surface area contributed by atoms with Gasteiger partial charge in [0, 0.05) is 24.3 Å². The third-order valence-corrected chi connectivity index (χ3v) is 5.10. The number of methoxy groups -OCH3 is 1. The number of phenolic OH excluding ortho intramolecular Hbond substituents is 1. The zero-order chi connectivity index (χ0) is 19.0. The van der Waals surface area contributed by atoms with Crippen molar-refractivity contribution >= 4 is 30.0 Å². The van der Waals surface area contributed by atoms with E-state index in [1.165, 1.54) is 32.4 Å². The summed E-state index contributed by atoms with van der Waals surface area (Å²) < 4.78 is 11.0. The maximum absolute atomic E-state index is 12.6. The van der Waals surface area contributed by atoms with Crippen LogP contribution >= 0.6 is 0 Å². The number of rotatable bonds is 3. The number of nitrogens with zero attached hydrogens (tertiary/aromatic N) is 1. The molecule has 0 bridgehead atoms. The summed E-state index contributed by atoms with van der Waals surface area (Å²) >= 11 is 0. The molecule has 0 spiro atoms. The summed E-state index contributed by atoms with van der Waals surface area (Å²) in [6, 6.07) is 10.9. The predicted molar refractivity (Wildman–Crippen MR) is 108 cm³/mol. The molecule has 0 amide bonds. The molecule has 1 saturated heterocycles. The van der Waals surface area contributed by atoms with Gasteiger partial charge in [0.2, 0.25) is 5.75 Å². The van der Waals surface area contributed by atoms with Gasteiger partial charge in [-0.15, -0.1) is 0 Å². The number of hydrogen-bond acceptors (Lipinski definition) is 5. The second kappa shape index (κ2) is 7.03. The van der Waals surface area contributed by atoms with E-state index in [0.29, 0.717) is 5.56 Å². The first-order valence-electron chi connectivity index (χ1n) is 9.08. The molecular weight excluding hydrogens is 341 g/mol. The van der Waals surface area contributed by atoms with Crippen LogP contribution in [0.2, 0.25) is 0 Å². The first-order valence-corrected chi connectivity index (χ1v) is 9.08. The Balaban J connectivity index is 1.80. The van der Waals surface area contributed by atoms with Crippen molar-refractivity contribution in [1.29, 1.82) is 0 Å². The molecule has 3 aromatic rings. The monoisotopic (exact) mass is 361 g/mol. The number of ether oxygens (including phenoxy) is 1. The highest BCUT2D eigenvalue weighted by atomic mass is 16.5. The topological polar surface area (TPSA) is 62.9 Å². The zero-order valence-electron chi connectivity index (χ0n) is 15.2. The quantitative estimate of drug-likeness (QED) is 0.727. The molecule has 4 rings (SSSR count). The van der Waals surface area contributed by atoms with Crippen LogP contribution in [0.15, 0.2) is 45.6 Å². The van der Waals surface area contributed by atoms with Gasteiger partial charge in [0.1, 0.15) is 13.6 Å². The molecule has 27 heavy (non-hydrogen) atoms.